The summed E-state index contributed by atoms with van der Waals surface area (Å²) in [5, 5.41) is 0. The molecule has 2 saturated carbocycles. The molecule has 4 nitrogen and oxygen atoms in total. The standard InChI is InChI=1S/C35H39F4NO3/c36-29-8-6-25(7-9-29)26-16-20-40(21-17-26)30-14-18-34(19-15-30,28-4-2-1-3-5-28)24-41-23-27-22-32(43-35(37,38)39)12-13-33(27)42-31-10-11-31/h1-9,12-13,22,26,30-31H,10-11,14-21,23-24H2. The summed E-state index contributed by atoms with van der Waals surface area (Å²) in [6.07, 6.45) is 3.48. The lowest BCUT2D eigenvalue weighted by atomic mass is 9.68. The average molecular weight is 598 g/mol. The van der Waals surface area contributed by atoms with Gasteiger partial charge >= 0.3 is 6.36 Å². The van der Waals surface area contributed by atoms with E-state index in [1.165, 1.54) is 23.3 Å². The van der Waals surface area contributed by atoms with E-state index in [2.05, 4.69) is 33.9 Å². The minimum atomic E-state index is -4.76. The van der Waals surface area contributed by atoms with E-state index >= 15 is 0 Å². The molecule has 43 heavy (non-hydrogen) atoms. The lowest BCUT2D eigenvalue weighted by Crippen LogP contribution is -2.46. The van der Waals surface area contributed by atoms with Crippen molar-refractivity contribution in [1.82, 2.24) is 4.90 Å². The quantitative estimate of drug-likeness (QED) is 0.219. The minimum Gasteiger partial charge on any atom is -0.490 e. The van der Waals surface area contributed by atoms with Gasteiger partial charge < -0.3 is 19.1 Å². The summed E-state index contributed by atoms with van der Waals surface area (Å²) in [7, 11) is 0. The van der Waals surface area contributed by atoms with Gasteiger partial charge in [0.25, 0.3) is 0 Å². The number of hydrogen-bond donors (Lipinski definition) is 0. The van der Waals surface area contributed by atoms with Crippen LogP contribution in [0.3, 0.4) is 0 Å². The molecule has 0 spiro atoms. The van der Waals surface area contributed by atoms with Crippen molar-refractivity contribution in [2.45, 2.75) is 87.8 Å². The van der Waals surface area contributed by atoms with Crippen LogP contribution < -0.4 is 9.47 Å². The number of piperidine rings is 1. The van der Waals surface area contributed by atoms with Crippen LogP contribution in [0.5, 0.6) is 11.5 Å². The van der Waals surface area contributed by atoms with Gasteiger partial charge in [-0.15, -0.1) is 13.2 Å². The number of alkyl halides is 3. The second kappa shape index (κ2) is 12.9. The van der Waals surface area contributed by atoms with Crippen molar-refractivity contribution in [3.63, 3.8) is 0 Å². The predicted molar refractivity (Wildman–Crippen MR) is 157 cm³/mol. The van der Waals surface area contributed by atoms with E-state index in [9.17, 15) is 17.6 Å². The van der Waals surface area contributed by atoms with Crippen LogP contribution in [-0.4, -0.2) is 43.1 Å². The molecule has 0 aromatic heterocycles. The van der Waals surface area contributed by atoms with Gasteiger partial charge in [-0.25, -0.2) is 4.39 Å². The summed E-state index contributed by atoms with van der Waals surface area (Å²) in [5.74, 6) is 0.575. The van der Waals surface area contributed by atoms with E-state index in [4.69, 9.17) is 9.47 Å². The Labute approximate surface area is 250 Å². The van der Waals surface area contributed by atoms with Gasteiger partial charge in [0.2, 0.25) is 0 Å². The molecule has 1 heterocycles. The van der Waals surface area contributed by atoms with Gasteiger partial charge in [-0.05, 0) is 112 Å². The van der Waals surface area contributed by atoms with Crippen molar-refractivity contribution in [2.75, 3.05) is 19.7 Å². The van der Waals surface area contributed by atoms with Gasteiger partial charge in [0.05, 0.1) is 19.3 Å². The molecule has 3 aromatic carbocycles. The molecule has 3 fully saturated rings. The molecule has 0 bridgehead atoms. The molecular weight excluding hydrogens is 558 g/mol. The van der Waals surface area contributed by atoms with Crippen LogP contribution in [0.15, 0.2) is 72.8 Å². The fraction of sp³-hybridized carbons (Fsp3) is 0.486. The minimum absolute atomic E-state index is 0.111. The first-order chi connectivity index (χ1) is 20.8. The molecule has 0 radical (unpaired) electrons. The van der Waals surface area contributed by atoms with Crippen LogP contribution in [-0.2, 0) is 16.8 Å². The highest BCUT2D eigenvalue weighted by Crippen LogP contribution is 2.43. The first kappa shape index (κ1) is 29.9. The molecule has 2 aliphatic carbocycles. The van der Waals surface area contributed by atoms with Crippen LogP contribution in [0.4, 0.5) is 17.6 Å². The Hall–Kier alpha value is -3.10. The third-order valence-electron chi connectivity index (χ3n) is 9.41. The topological polar surface area (TPSA) is 30.9 Å². The summed E-state index contributed by atoms with van der Waals surface area (Å²) in [6.45, 7) is 2.71. The van der Waals surface area contributed by atoms with E-state index in [1.54, 1.807) is 18.2 Å². The van der Waals surface area contributed by atoms with Crippen molar-refractivity contribution in [3.8, 4) is 11.5 Å². The summed E-state index contributed by atoms with van der Waals surface area (Å²) in [5.41, 5.74) is 2.87. The highest BCUT2D eigenvalue weighted by molar-refractivity contribution is 5.40. The molecule has 1 saturated heterocycles. The Balaban J connectivity index is 1.09. The monoisotopic (exact) mass is 597 g/mol. The molecule has 3 aromatic rings. The van der Waals surface area contributed by atoms with Crippen molar-refractivity contribution in [1.29, 1.82) is 0 Å². The molecule has 0 atom stereocenters. The van der Waals surface area contributed by atoms with Crippen LogP contribution in [0, 0.1) is 5.82 Å². The Morgan fingerprint density at radius 3 is 2.16 bits per heavy atom. The maximum atomic E-state index is 13.4. The summed E-state index contributed by atoms with van der Waals surface area (Å²) >= 11 is 0. The Kier molecular flexibility index (Phi) is 8.96. The van der Waals surface area contributed by atoms with Crippen molar-refractivity contribution >= 4 is 0 Å². The van der Waals surface area contributed by atoms with Gasteiger partial charge in [0.1, 0.15) is 17.3 Å². The number of hydrogen-bond acceptors (Lipinski definition) is 4. The zero-order chi connectivity index (χ0) is 29.9. The average Bonchev–Trinajstić information content (AvgIpc) is 3.83. The molecule has 230 valence electrons. The zero-order valence-corrected chi connectivity index (χ0v) is 24.3. The highest BCUT2D eigenvalue weighted by atomic mass is 19.4. The number of ether oxygens (including phenoxy) is 3. The maximum Gasteiger partial charge on any atom is 0.573 e. The maximum absolute atomic E-state index is 13.4. The third-order valence-corrected chi connectivity index (χ3v) is 9.41. The first-order valence-corrected chi connectivity index (χ1v) is 15.4. The lowest BCUT2D eigenvalue weighted by molar-refractivity contribution is -0.274. The SMILES string of the molecule is Fc1ccc(C2CCN(C3CCC(COCc4cc(OC(F)(F)F)ccc4OC4CC4)(c4ccccc4)CC3)CC2)cc1. The van der Waals surface area contributed by atoms with Gasteiger partial charge in [-0.3, -0.25) is 0 Å². The van der Waals surface area contributed by atoms with Crippen LogP contribution in [0.25, 0.3) is 0 Å². The second-order valence-corrected chi connectivity index (χ2v) is 12.4. The summed E-state index contributed by atoms with van der Waals surface area (Å²) in [4.78, 5) is 2.63. The lowest BCUT2D eigenvalue weighted by Gasteiger charge is -2.45. The molecular formula is C35H39F4NO3. The molecule has 0 amide bonds. The van der Waals surface area contributed by atoms with E-state index in [-0.39, 0.29) is 29.7 Å². The number of rotatable bonds is 10. The van der Waals surface area contributed by atoms with Crippen molar-refractivity contribution in [3.05, 3.63) is 95.3 Å². The molecule has 1 aliphatic heterocycles. The molecule has 0 unspecified atom stereocenters. The summed E-state index contributed by atoms with van der Waals surface area (Å²) < 4.78 is 68.6. The number of benzene rings is 3. The van der Waals surface area contributed by atoms with E-state index < -0.39 is 6.36 Å². The van der Waals surface area contributed by atoms with E-state index in [0.717, 1.165) is 64.5 Å². The molecule has 6 rings (SSSR count). The number of likely N-dealkylation sites (tertiary alicyclic amines) is 1. The highest BCUT2D eigenvalue weighted by Gasteiger charge is 2.39. The first-order valence-electron chi connectivity index (χ1n) is 15.4. The Morgan fingerprint density at radius 1 is 0.814 bits per heavy atom. The van der Waals surface area contributed by atoms with Crippen LogP contribution in [0.1, 0.15) is 74.0 Å². The second-order valence-electron chi connectivity index (χ2n) is 12.4. The molecule has 3 aliphatic rings. The predicted octanol–water partition coefficient (Wildman–Crippen LogP) is 8.54. The van der Waals surface area contributed by atoms with Gasteiger partial charge in [0, 0.05) is 17.0 Å². The zero-order valence-electron chi connectivity index (χ0n) is 24.3. The Morgan fingerprint density at radius 2 is 1.51 bits per heavy atom. The van der Waals surface area contributed by atoms with Crippen LogP contribution >= 0.6 is 0 Å². The van der Waals surface area contributed by atoms with Crippen molar-refractivity contribution in [2.24, 2.45) is 0 Å². The van der Waals surface area contributed by atoms with Gasteiger partial charge in [0.15, 0.2) is 0 Å². The fourth-order valence-electron chi connectivity index (χ4n) is 6.86. The normalized spacial score (nSPS) is 23.7. The molecule has 0 N–H and O–H groups in total. The largest absolute Gasteiger partial charge is 0.573 e. The summed E-state index contributed by atoms with van der Waals surface area (Å²) in [6, 6.07) is 22.2. The van der Waals surface area contributed by atoms with Crippen molar-refractivity contribution < 1.29 is 31.8 Å². The van der Waals surface area contributed by atoms with Gasteiger partial charge in [-0.2, -0.15) is 0 Å². The third kappa shape index (κ3) is 7.71. The van der Waals surface area contributed by atoms with Gasteiger partial charge in [-0.1, -0.05) is 42.5 Å². The van der Waals surface area contributed by atoms with Crippen LogP contribution in [0.2, 0.25) is 0 Å². The smallest absolute Gasteiger partial charge is 0.490 e. The van der Waals surface area contributed by atoms with E-state index in [1.807, 2.05) is 18.2 Å². The molecule has 8 heteroatoms. The number of nitrogens with zero attached hydrogens (tertiary/aromatic N) is 1. The van der Waals surface area contributed by atoms with E-state index in [0.29, 0.717) is 29.9 Å². The Bertz CT molecular complexity index is 1330. The number of halogens is 4. The fourth-order valence-corrected chi connectivity index (χ4v) is 6.86.